The van der Waals surface area contributed by atoms with Crippen LogP contribution in [-0.2, 0) is 4.79 Å². The second kappa shape index (κ2) is 5.26. The summed E-state index contributed by atoms with van der Waals surface area (Å²) in [6, 6.07) is -0.790. The zero-order valence-corrected chi connectivity index (χ0v) is 10.6. The van der Waals surface area contributed by atoms with Crippen LogP contribution < -0.4 is 0 Å². The quantitative estimate of drug-likeness (QED) is 0.281. The molecule has 9 heteroatoms. The summed E-state index contributed by atoms with van der Waals surface area (Å²) in [5.41, 5.74) is 0. The SMILES string of the molecule is O=C(Cl)[C@H]1CCN1Sc1c(F)c(F)c(F)c(F)c1F. The van der Waals surface area contributed by atoms with Crippen LogP contribution in [0.5, 0.6) is 0 Å². The number of hydrogen-bond acceptors (Lipinski definition) is 3. The average molecular weight is 318 g/mol. The summed E-state index contributed by atoms with van der Waals surface area (Å²) in [5.74, 6) is -10.1. The highest BCUT2D eigenvalue weighted by Gasteiger charge is 2.36. The fourth-order valence-electron chi connectivity index (χ4n) is 1.48. The lowest BCUT2D eigenvalue weighted by Gasteiger charge is -2.36. The first-order chi connectivity index (χ1) is 8.84. The summed E-state index contributed by atoms with van der Waals surface area (Å²) >= 11 is 5.51. The van der Waals surface area contributed by atoms with Crippen LogP contribution >= 0.6 is 23.5 Å². The number of nitrogens with zero attached hydrogens (tertiary/aromatic N) is 1. The Kier molecular flexibility index (Phi) is 4.03. The fraction of sp³-hybridized carbons (Fsp3) is 0.300. The van der Waals surface area contributed by atoms with E-state index >= 15 is 0 Å². The Morgan fingerprint density at radius 2 is 1.53 bits per heavy atom. The van der Waals surface area contributed by atoms with Crippen molar-refractivity contribution in [1.82, 2.24) is 4.31 Å². The topological polar surface area (TPSA) is 20.3 Å². The first kappa shape index (κ1) is 14.5. The molecule has 2 nitrogen and oxygen atoms in total. The van der Waals surface area contributed by atoms with Crippen LogP contribution in [0.25, 0.3) is 0 Å². The van der Waals surface area contributed by atoms with Crippen molar-refractivity contribution in [3.8, 4) is 0 Å². The molecule has 1 aromatic carbocycles. The standard InChI is InChI=1S/C10H5ClF5NOS/c11-10(18)3-1-2-17(3)19-9-7(15)5(13)4(12)6(14)8(9)16/h3H,1-2H2/t3-/m1/s1. The fourth-order valence-corrected chi connectivity index (χ4v) is 2.87. The summed E-state index contributed by atoms with van der Waals surface area (Å²) in [5, 5.41) is -0.748. The van der Waals surface area contributed by atoms with E-state index in [2.05, 4.69) is 0 Å². The van der Waals surface area contributed by atoms with Gasteiger partial charge in [-0.05, 0) is 30.0 Å². The zero-order valence-electron chi connectivity index (χ0n) is 9.02. The molecule has 0 spiro atoms. The van der Waals surface area contributed by atoms with Crippen molar-refractivity contribution < 1.29 is 26.7 Å². The Hall–Kier alpha value is -0.860. The molecule has 1 atom stereocenters. The number of halogens is 6. The van der Waals surface area contributed by atoms with Gasteiger partial charge in [-0.15, -0.1) is 0 Å². The molecule has 1 aromatic rings. The third kappa shape index (κ3) is 2.44. The summed E-state index contributed by atoms with van der Waals surface area (Å²) in [6.07, 6.45) is 0.366. The molecule has 1 aliphatic rings. The van der Waals surface area contributed by atoms with E-state index in [1.807, 2.05) is 0 Å². The molecular formula is C10H5ClF5NOS. The van der Waals surface area contributed by atoms with Crippen molar-refractivity contribution in [2.45, 2.75) is 17.4 Å². The largest absolute Gasteiger partial charge is 0.279 e. The molecule has 0 bridgehead atoms. The zero-order chi connectivity index (χ0) is 14.3. The van der Waals surface area contributed by atoms with Gasteiger partial charge in [0.2, 0.25) is 11.1 Å². The lowest BCUT2D eigenvalue weighted by atomic mass is 10.1. The van der Waals surface area contributed by atoms with Gasteiger partial charge in [-0.1, -0.05) is 0 Å². The molecule has 0 aromatic heterocycles. The van der Waals surface area contributed by atoms with Crippen LogP contribution in [0, 0.1) is 29.1 Å². The summed E-state index contributed by atoms with van der Waals surface area (Å²) in [6.45, 7) is 0.257. The van der Waals surface area contributed by atoms with Crippen LogP contribution in [0.4, 0.5) is 22.0 Å². The molecular weight excluding hydrogens is 313 g/mol. The minimum Gasteiger partial charge on any atom is -0.279 e. The normalized spacial score (nSPS) is 19.4. The van der Waals surface area contributed by atoms with E-state index < -0.39 is 45.3 Å². The lowest BCUT2D eigenvalue weighted by Crippen LogP contribution is -2.46. The van der Waals surface area contributed by atoms with Crippen molar-refractivity contribution in [2.24, 2.45) is 0 Å². The van der Waals surface area contributed by atoms with E-state index in [0.29, 0.717) is 6.42 Å². The Morgan fingerprint density at radius 3 is 1.89 bits per heavy atom. The average Bonchev–Trinajstić information content (AvgIpc) is 2.32. The Bertz CT molecular complexity index is 526. The van der Waals surface area contributed by atoms with Gasteiger partial charge in [0.25, 0.3) is 0 Å². The molecule has 2 rings (SSSR count). The molecule has 104 valence electrons. The molecule has 0 unspecified atom stereocenters. The number of benzene rings is 1. The molecule has 0 saturated carbocycles. The van der Waals surface area contributed by atoms with E-state index in [1.165, 1.54) is 0 Å². The van der Waals surface area contributed by atoms with Gasteiger partial charge in [-0.2, -0.15) is 0 Å². The predicted molar refractivity (Wildman–Crippen MR) is 58.1 cm³/mol. The highest BCUT2D eigenvalue weighted by atomic mass is 35.5. The number of rotatable bonds is 3. The van der Waals surface area contributed by atoms with E-state index in [9.17, 15) is 26.7 Å². The third-order valence-electron chi connectivity index (χ3n) is 2.61. The second-order valence-corrected chi connectivity index (χ2v) is 5.17. The van der Waals surface area contributed by atoms with Crippen molar-refractivity contribution in [3.05, 3.63) is 29.1 Å². The van der Waals surface area contributed by atoms with Crippen LogP contribution in [0.2, 0.25) is 0 Å². The molecule has 0 aliphatic carbocycles. The minimum absolute atomic E-state index is 0.257. The highest BCUT2D eigenvalue weighted by Crippen LogP contribution is 2.38. The van der Waals surface area contributed by atoms with Crippen molar-refractivity contribution in [1.29, 1.82) is 0 Å². The van der Waals surface area contributed by atoms with Gasteiger partial charge in [0.05, 0.1) is 6.04 Å². The van der Waals surface area contributed by atoms with Crippen molar-refractivity contribution in [2.75, 3.05) is 6.54 Å². The predicted octanol–water partition coefficient (Wildman–Crippen LogP) is 3.23. The molecule has 0 radical (unpaired) electrons. The molecule has 19 heavy (non-hydrogen) atoms. The molecule has 0 N–H and O–H groups in total. The van der Waals surface area contributed by atoms with Crippen LogP contribution in [-0.4, -0.2) is 22.1 Å². The smallest absolute Gasteiger partial charge is 0.239 e. The Balaban J connectivity index is 2.33. The molecule has 1 aliphatic heterocycles. The van der Waals surface area contributed by atoms with E-state index in [1.54, 1.807) is 0 Å². The summed E-state index contributed by atoms with van der Waals surface area (Å²) < 4.78 is 66.6. The first-order valence-corrected chi connectivity index (χ1v) is 6.15. The second-order valence-electron chi connectivity index (χ2n) is 3.74. The number of carbonyl (C=O) groups is 1. The number of carbonyl (C=O) groups excluding carboxylic acids is 1. The minimum atomic E-state index is -2.21. The van der Waals surface area contributed by atoms with Crippen LogP contribution in [0.15, 0.2) is 4.90 Å². The monoisotopic (exact) mass is 317 g/mol. The van der Waals surface area contributed by atoms with Crippen LogP contribution in [0.1, 0.15) is 6.42 Å². The Morgan fingerprint density at radius 1 is 1.05 bits per heavy atom. The van der Waals surface area contributed by atoms with Crippen LogP contribution in [0.3, 0.4) is 0 Å². The maximum absolute atomic E-state index is 13.4. The molecule has 1 heterocycles. The van der Waals surface area contributed by atoms with Gasteiger partial charge in [0.15, 0.2) is 23.3 Å². The van der Waals surface area contributed by atoms with Gasteiger partial charge >= 0.3 is 0 Å². The van der Waals surface area contributed by atoms with Crippen molar-refractivity contribution >= 4 is 28.8 Å². The van der Waals surface area contributed by atoms with E-state index in [4.69, 9.17) is 11.6 Å². The summed E-state index contributed by atoms with van der Waals surface area (Å²) in [7, 11) is 0. The van der Waals surface area contributed by atoms with Gasteiger partial charge in [0.1, 0.15) is 4.90 Å². The Labute approximate surface area is 113 Å². The molecule has 1 fully saturated rings. The maximum Gasteiger partial charge on any atom is 0.239 e. The van der Waals surface area contributed by atoms with Gasteiger partial charge in [-0.3, -0.25) is 4.79 Å². The van der Waals surface area contributed by atoms with E-state index in [-0.39, 0.29) is 18.5 Å². The van der Waals surface area contributed by atoms with Gasteiger partial charge < -0.3 is 0 Å². The molecule has 0 amide bonds. The van der Waals surface area contributed by atoms with Gasteiger partial charge in [0, 0.05) is 6.54 Å². The number of hydrogen-bond donors (Lipinski definition) is 0. The third-order valence-corrected chi connectivity index (χ3v) is 4.08. The molecule has 1 saturated heterocycles. The van der Waals surface area contributed by atoms with Crippen molar-refractivity contribution in [3.63, 3.8) is 0 Å². The first-order valence-electron chi connectivity index (χ1n) is 5.00. The summed E-state index contributed by atoms with van der Waals surface area (Å²) in [4.78, 5) is 9.86. The van der Waals surface area contributed by atoms with E-state index in [0.717, 1.165) is 4.31 Å². The maximum atomic E-state index is 13.4. The lowest BCUT2D eigenvalue weighted by molar-refractivity contribution is -0.117. The van der Waals surface area contributed by atoms with Gasteiger partial charge in [-0.25, -0.2) is 26.3 Å². The highest BCUT2D eigenvalue weighted by molar-refractivity contribution is 7.97.